The van der Waals surface area contributed by atoms with Gasteiger partial charge in [0.15, 0.2) is 5.96 Å². The molecule has 0 amide bonds. The van der Waals surface area contributed by atoms with Crippen LogP contribution in [0.1, 0.15) is 32.1 Å². The fourth-order valence-electron chi connectivity index (χ4n) is 3.63. The normalized spacial score (nSPS) is 28.2. The summed E-state index contributed by atoms with van der Waals surface area (Å²) >= 11 is 0. The Bertz CT molecular complexity index is 573. The number of hydrogen-bond acceptors (Lipinski definition) is 5. The molecular formula is C17H32N4O4S. The summed E-state index contributed by atoms with van der Waals surface area (Å²) in [6, 6.07) is 0. The first kappa shape index (κ1) is 19.9. The van der Waals surface area contributed by atoms with Crippen LogP contribution >= 0.6 is 0 Å². The predicted molar refractivity (Wildman–Crippen MR) is 101 cm³/mol. The monoisotopic (exact) mass is 388 g/mol. The minimum Gasteiger partial charge on any atom is -0.375 e. The minimum absolute atomic E-state index is 0.0534. The number of rotatable bonds is 7. The molecule has 2 heterocycles. The van der Waals surface area contributed by atoms with Crippen LogP contribution in [0.3, 0.4) is 0 Å². The second-order valence-corrected chi connectivity index (χ2v) is 9.27. The first-order chi connectivity index (χ1) is 12.6. The van der Waals surface area contributed by atoms with Crippen molar-refractivity contribution < 1.29 is 17.9 Å². The maximum absolute atomic E-state index is 12.1. The Balaban J connectivity index is 1.41. The Kier molecular flexibility index (Phi) is 7.13. The number of ether oxygens (including phenoxy) is 2. The van der Waals surface area contributed by atoms with E-state index >= 15 is 0 Å². The molecule has 2 saturated heterocycles. The number of morpholine rings is 1. The average molecular weight is 389 g/mol. The zero-order valence-corrected chi connectivity index (χ0v) is 16.5. The third-order valence-corrected chi connectivity index (χ3v) is 6.80. The van der Waals surface area contributed by atoms with Gasteiger partial charge in [0.25, 0.3) is 0 Å². The van der Waals surface area contributed by atoms with Crippen molar-refractivity contribution >= 4 is 16.0 Å². The molecule has 26 heavy (non-hydrogen) atoms. The Morgan fingerprint density at radius 2 is 1.96 bits per heavy atom. The van der Waals surface area contributed by atoms with Gasteiger partial charge in [-0.25, -0.2) is 13.1 Å². The van der Waals surface area contributed by atoms with Crippen LogP contribution in [0.25, 0.3) is 0 Å². The summed E-state index contributed by atoms with van der Waals surface area (Å²) in [6.45, 7) is 3.82. The number of sulfonamides is 1. The molecule has 0 aromatic rings. The average Bonchev–Trinajstić information content (AvgIpc) is 3.12. The highest BCUT2D eigenvalue weighted by atomic mass is 32.2. The first-order valence-electron chi connectivity index (χ1n) is 9.73. The van der Waals surface area contributed by atoms with Crippen LogP contribution in [0.2, 0.25) is 0 Å². The Morgan fingerprint density at radius 3 is 2.62 bits per heavy atom. The standard InChI is InChI=1S/C17H32N4O4S/c1-18-17(19-7-11-26(22,23)20-12-14-4-2-5-14)21-8-10-25-16(13-21)15-6-3-9-24-15/h14-16,20H,2-13H2,1H3,(H,18,19). The lowest BCUT2D eigenvalue weighted by atomic mass is 9.86. The molecule has 1 saturated carbocycles. The van der Waals surface area contributed by atoms with Crippen molar-refractivity contribution in [3.8, 4) is 0 Å². The maximum Gasteiger partial charge on any atom is 0.213 e. The van der Waals surface area contributed by atoms with Crippen LogP contribution in [0.4, 0.5) is 0 Å². The zero-order valence-electron chi connectivity index (χ0n) is 15.7. The molecule has 9 heteroatoms. The third kappa shape index (κ3) is 5.55. The maximum atomic E-state index is 12.1. The second kappa shape index (κ2) is 9.34. The number of nitrogens with one attached hydrogen (secondary N) is 2. The van der Waals surface area contributed by atoms with Gasteiger partial charge in [-0.05, 0) is 31.6 Å². The number of aliphatic imine (C=N–C) groups is 1. The van der Waals surface area contributed by atoms with Crippen LogP contribution in [-0.2, 0) is 19.5 Å². The van der Waals surface area contributed by atoms with Crippen LogP contribution in [0.15, 0.2) is 4.99 Å². The molecule has 2 atom stereocenters. The SMILES string of the molecule is CN=C(NCCS(=O)(=O)NCC1CCC1)N1CCOC(C2CCCO2)C1. The van der Waals surface area contributed by atoms with E-state index in [0.29, 0.717) is 25.6 Å². The smallest absolute Gasteiger partial charge is 0.213 e. The highest BCUT2D eigenvalue weighted by Crippen LogP contribution is 2.25. The van der Waals surface area contributed by atoms with Crippen molar-refractivity contribution in [2.75, 3.05) is 52.2 Å². The van der Waals surface area contributed by atoms with E-state index in [0.717, 1.165) is 51.3 Å². The highest BCUT2D eigenvalue weighted by Gasteiger charge is 2.32. The lowest BCUT2D eigenvalue weighted by Gasteiger charge is -2.37. The lowest BCUT2D eigenvalue weighted by Crippen LogP contribution is -2.54. The van der Waals surface area contributed by atoms with E-state index in [2.05, 4.69) is 19.9 Å². The van der Waals surface area contributed by atoms with Gasteiger partial charge in [-0.2, -0.15) is 0 Å². The van der Waals surface area contributed by atoms with Crippen LogP contribution < -0.4 is 10.0 Å². The summed E-state index contributed by atoms with van der Waals surface area (Å²) in [6.07, 6.45) is 5.83. The molecule has 0 aromatic heterocycles. The lowest BCUT2D eigenvalue weighted by molar-refractivity contribution is -0.0816. The van der Waals surface area contributed by atoms with E-state index in [9.17, 15) is 8.42 Å². The Labute approximate surface area is 156 Å². The summed E-state index contributed by atoms with van der Waals surface area (Å²) in [4.78, 5) is 6.44. The molecular weight excluding hydrogens is 356 g/mol. The van der Waals surface area contributed by atoms with Crippen molar-refractivity contribution in [1.29, 1.82) is 0 Å². The van der Waals surface area contributed by atoms with E-state index in [4.69, 9.17) is 9.47 Å². The summed E-state index contributed by atoms with van der Waals surface area (Å²) < 4.78 is 38.5. The van der Waals surface area contributed by atoms with Gasteiger partial charge in [0.1, 0.15) is 6.10 Å². The van der Waals surface area contributed by atoms with Gasteiger partial charge in [0.05, 0.1) is 18.5 Å². The zero-order chi connectivity index (χ0) is 18.4. The molecule has 3 aliphatic rings. The highest BCUT2D eigenvalue weighted by molar-refractivity contribution is 7.89. The molecule has 0 bridgehead atoms. The van der Waals surface area contributed by atoms with E-state index in [1.807, 2.05) is 0 Å². The van der Waals surface area contributed by atoms with Gasteiger partial charge in [0.2, 0.25) is 10.0 Å². The summed E-state index contributed by atoms with van der Waals surface area (Å²) in [5.74, 6) is 1.30. The molecule has 3 fully saturated rings. The van der Waals surface area contributed by atoms with Crippen LogP contribution in [-0.4, -0.2) is 83.7 Å². The van der Waals surface area contributed by atoms with Crippen LogP contribution in [0, 0.1) is 5.92 Å². The van der Waals surface area contributed by atoms with Crippen molar-refractivity contribution in [3.05, 3.63) is 0 Å². The summed E-state index contributed by atoms with van der Waals surface area (Å²) in [7, 11) is -1.52. The predicted octanol–water partition coefficient (Wildman–Crippen LogP) is 0.161. The first-order valence-corrected chi connectivity index (χ1v) is 11.4. The minimum atomic E-state index is -3.24. The molecule has 150 valence electrons. The number of nitrogens with zero attached hydrogens (tertiary/aromatic N) is 2. The molecule has 0 radical (unpaired) electrons. The topological polar surface area (TPSA) is 92.3 Å². The van der Waals surface area contributed by atoms with Gasteiger partial charge in [-0.15, -0.1) is 0 Å². The quantitative estimate of drug-likeness (QED) is 0.477. The van der Waals surface area contributed by atoms with Gasteiger partial charge in [-0.3, -0.25) is 4.99 Å². The summed E-state index contributed by atoms with van der Waals surface area (Å²) in [5.41, 5.74) is 0. The number of hydrogen-bond donors (Lipinski definition) is 2. The molecule has 3 rings (SSSR count). The van der Waals surface area contributed by atoms with Gasteiger partial charge >= 0.3 is 0 Å². The number of guanidine groups is 1. The van der Waals surface area contributed by atoms with E-state index in [-0.39, 0.29) is 18.0 Å². The van der Waals surface area contributed by atoms with Crippen molar-refractivity contribution in [1.82, 2.24) is 14.9 Å². The van der Waals surface area contributed by atoms with Gasteiger partial charge in [-0.1, -0.05) is 6.42 Å². The third-order valence-electron chi connectivity index (χ3n) is 5.45. The van der Waals surface area contributed by atoms with Crippen molar-refractivity contribution in [2.24, 2.45) is 10.9 Å². The summed E-state index contributed by atoms with van der Waals surface area (Å²) in [5, 5.41) is 3.18. The molecule has 8 nitrogen and oxygen atoms in total. The van der Waals surface area contributed by atoms with Gasteiger partial charge in [0, 0.05) is 39.8 Å². The molecule has 2 aliphatic heterocycles. The van der Waals surface area contributed by atoms with E-state index in [1.54, 1.807) is 7.05 Å². The van der Waals surface area contributed by atoms with E-state index in [1.165, 1.54) is 6.42 Å². The molecule has 0 spiro atoms. The Morgan fingerprint density at radius 1 is 1.15 bits per heavy atom. The molecule has 1 aliphatic carbocycles. The molecule has 0 aromatic carbocycles. The Hall–Kier alpha value is -0.900. The second-order valence-electron chi connectivity index (χ2n) is 7.34. The van der Waals surface area contributed by atoms with Crippen molar-refractivity contribution in [2.45, 2.75) is 44.3 Å². The van der Waals surface area contributed by atoms with Crippen LogP contribution in [0.5, 0.6) is 0 Å². The van der Waals surface area contributed by atoms with Crippen molar-refractivity contribution in [3.63, 3.8) is 0 Å². The van der Waals surface area contributed by atoms with E-state index < -0.39 is 10.0 Å². The molecule has 2 unspecified atom stereocenters. The largest absolute Gasteiger partial charge is 0.375 e. The fourth-order valence-corrected chi connectivity index (χ4v) is 4.64. The molecule has 2 N–H and O–H groups in total. The van der Waals surface area contributed by atoms with Gasteiger partial charge < -0.3 is 19.7 Å². The fraction of sp³-hybridized carbons (Fsp3) is 0.941.